The summed E-state index contributed by atoms with van der Waals surface area (Å²) in [6.07, 6.45) is 2.25. The highest BCUT2D eigenvalue weighted by molar-refractivity contribution is 9.10. The number of aryl methyl sites for hydroxylation is 1. The number of halogens is 1. The molecule has 2 nitrogen and oxygen atoms in total. The molecular weight excluding hydrogens is 334 g/mol. The number of benzene rings is 1. The summed E-state index contributed by atoms with van der Waals surface area (Å²) in [5.74, 6) is 0.134. The van der Waals surface area contributed by atoms with Crippen LogP contribution in [0.2, 0.25) is 0 Å². The van der Waals surface area contributed by atoms with Crippen LogP contribution in [0.1, 0.15) is 34.3 Å². The molecule has 1 amide bonds. The summed E-state index contributed by atoms with van der Waals surface area (Å²) in [6.45, 7) is 2.73. The van der Waals surface area contributed by atoms with Crippen molar-refractivity contribution in [2.45, 2.75) is 32.4 Å². The maximum Gasteiger partial charge on any atom is 0.255 e. The van der Waals surface area contributed by atoms with Gasteiger partial charge < -0.3 is 4.90 Å². The van der Waals surface area contributed by atoms with E-state index in [4.69, 9.17) is 0 Å². The number of amides is 1. The molecule has 2 aromatic rings. The lowest BCUT2D eigenvalue weighted by molar-refractivity contribution is 0.0729. The van der Waals surface area contributed by atoms with Crippen molar-refractivity contribution in [2.24, 2.45) is 0 Å². The third-order valence-corrected chi connectivity index (χ3v) is 5.39. The maximum absolute atomic E-state index is 12.8. The zero-order valence-corrected chi connectivity index (χ0v) is 13.7. The highest BCUT2D eigenvalue weighted by atomic mass is 79.9. The van der Waals surface area contributed by atoms with Crippen molar-refractivity contribution < 1.29 is 4.79 Å². The van der Waals surface area contributed by atoms with Crippen molar-refractivity contribution in [3.63, 3.8) is 0 Å². The van der Waals surface area contributed by atoms with Gasteiger partial charge in [-0.25, -0.2) is 0 Å². The Kier molecular flexibility index (Phi) is 3.94. The summed E-state index contributed by atoms with van der Waals surface area (Å²) < 4.78 is 0.918. The first-order valence-corrected chi connectivity index (χ1v) is 8.47. The van der Waals surface area contributed by atoms with Gasteiger partial charge in [0.1, 0.15) is 0 Å². The number of nitrogens with zero attached hydrogens (tertiary/aromatic N) is 1. The van der Waals surface area contributed by atoms with E-state index in [1.54, 1.807) is 11.3 Å². The average molecular weight is 350 g/mol. The molecule has 20 heavy (non-hydrogen) atoms. The van der Waals surface area contributed by atoms with Crippen molar-refractivity contribution in [1.29, 1.82) is 0 Å². The molecule has 1 heterocycles. The van der Waals surface area contributed by atoms with Crippen LogP contribution in [0, 0.1) is 6.92 Å². The van der Waals surface area contributed by atoms with Gasteiger partial charge in [-0.15, -0.1) is 0 Å². The van der Waals surface area contributed by atoms with Gasteiger partial charge in [0.15, 0.2) is 0 Å². The average Bonchev–Trinajstić information content (AvgIpc) is 3.15. The van der Waals surface area contributed by atoms with Gasteiger partial charge >= 0.3 is 0 Å². The van der Waals surface area contributed by atoms with Crippen LogP contribution in [0.5, 0.6) is 0 Å². The van der Waals surface area contributed by atoms with Crippen molar-refractivity contribution in [3.8, 4) is 0 Å². The Morgan fingerprint density at radius 1 is 1.40 bits per heavy atom. The third-order valence-electron chi connectivity index (χ3n) is 3.60. The van der Waals surface area contributed by atoms with Crippen LogP contribution in [0.15, 0.2) is 39.5 Å². The molecule has 0 unspecified atom stereocenters. The molecule has 1 saturated carbocycles. The van der Waals surface area contributed by atoms with Gasteiger partial charge in [-0.3, -0.25) is 4.79 Å². The molecule has 104 valence electrons. The van der Waals surface area contributed by atoms with Crippen LogP contribution in [0.3, 0.4) is 0 Å². The van der Waals surface area contributed by atoms with Crippen molar-refractivity contribution in [3.05, 3.63) is 56.2 Å². The summed E-state index contributed by atoms with van der Waals surface area (Å²) in [5.41, 5.74) is 3.09. The molecule has 1 aliphatic carbocycles. The molecule has 1 aromatic heterocycles. The molecular formula is C16H16BrNOS. The van der Waals surface area contributed by atoms with E-state index in [0.29, 0.717) is 12.6 Å². The lowest BCUT2D eigenvalue weighted by atomic mass is 10.1. The van der Waals surface area contributed by atoms with E-state index in [-0.39, 0.29) is 5.91 Å². The zero-order valence-electron chi connectivity index (χ0n) is 11.3. The van der Waals surface area contributed by atoms with Gasteiger partial charge in [-0.05, 0) is 69.7 Å². The first kappa shape index (κ1) is 13.8. The summed E-state index contributed by atoms with van der Waals surface area (Å²) in [4.78, 5) is 14.8. The molecule has 1 aromatic carbocycles. The molecule has 0 bridgehead atoms. The van der Waals surface area contributed by atoms with E-state index in [9.17, 15) is 4.79 Å². The topological polar surface area (TPSA) is 20.3 Å². The fourth-order valence-corrected chi connectivity index (χ4v) is 3.39. The third kappa shape index (κ3) is 2.81. The molecule has 0 aliphatic heterocycles. The fourth-order valence-electron chi connectivity index (χ4n) is 2.30. The Hall–Kier alpha value is -1.13. The van der Waals surface area contributed by atoms with Crippen LogP contribution in [0.4, 0.5) is 0 Å². The number of rotatable bonds is 4. The summed E-state index contributed by atoms with van der Waals surface area (Å²) in [6, 6.07) is 8.38. The quantitative estimate of drug-likeness (QED) is 0.788. The monoisotopic (exact) mass is 349 g/mol. The summed E-state index contributed by atoms with van der Waals surface area (Å²) >= 11 is 5.23. The molecule has 3 rings (SSSR count). The number of hydrogen-bond acceptors (Lipinski definition) is 2. The van der Waals surface area contributed by atoms with Gasteiger partial charge in [-0.2, -0.15) is 11.3 Å². The van der Waals surface area contributed by atoms with E-state index < -0.39 is 0 Å². The van der Waals surface area contributed by atoms with Gasteiger partial charge in [-0.1, -0.05) is 12.1 Å². The second-order valence-corrected chi connectivity index (χ2v) is 6.81. The first-order valence-electron chi connectivity index (χ1n) is 6.74. The second kappa shape index (κ2) is 5.70. The zero-order chi connectivity index (χ0) is 14.1. The fraction of sp³-hybridized carbons (Fsp3) is 0.312. The minimum absolute atomic E-state index is 0.134. The molecule has 0 spiro atoms. The van der Waals surface area contributed by atoms with Crippen molar-refractivity contribution >= 4 is 33.2 Å². The van der Waals surface area contributed by atoms with E-state index >= 15 is 0 Å². The molecule has 1 fully saturated rings. The molecule has 4 heteroatoms. The number of carbonyl (C=O) groups excluding carboxylic acids is 1. The number of thiophene rings is 1. The number of carbonyl (C=O) groups is 1. The Morgan fingerprint density at radius 3 is 2.85 bits per heavy atom. The molecule has 0 saturated heterocycles. The molecule has 0 N–H and O–H groups in total. The van der Waals surface area contributed by atoms with Crippen LogP contribution in [0.25, 0.3) is 0 Å². The highest BCUT2D eigenvalue weighted by Crippen LogP contribution is 2.32. The minimum Gasteiger partial charge on any atom is -0.331 e. The summed E-state index contributed by atoms with van der Waals surface area (Å²) in [5, 5.41) is 4.18. The van der Waals surface area contributed by atoms with Crippen molar-refractivity contribution in [1.82, 2.24) is 4.90 Å². The standard InChI is InChI=1S/C16H16BrNOS/c1-11-3-2-4-14(15(11)17)16(19)18(13-5-6-13)9-12-7-8-20-10-12/h2-4,7-8,10,13H,5-6,9H2,1H3. The molecule has 0 radical (unpaired) electrons. The Balaban J connectivity index is 1.87. The predicted octanol–water partition coefficient (Wildman–Crippen LogP) is 4.62. The predicted molar refractivity (Wildman–Crippen MR) is 86.1 cm³/mol. The second-order valence-electron chi connectivity index (χ2n) is 5.23. The van der Waals surface area contributed by atoms with Gasteiger partial charge in [0.25, 0.3) is 5.91 Å². The largest absolute Gasteiger partial charge is 0.331 e. The number of hydrogen-bond donors (Lipinski definition) is 0. The summed E-state index contributed by atoms with van der Waals surface area (Å²) in [7, 11) is 0. The lowest BCUT2D eigenvalue weighted by Gasteiger charge is -2.23. The van der Waals surface area contributed by atoms with Crippen LogP contribution >= 0.6 is 27.3 Å². The Bertz CT molecular complexity index is 619. The van der Waals surface area contributed by atoms with E-state index in [0.717, 1.165) is 28.4 Å². The van der Waals surface area contributed by atoms with Crippen LogP contribution < -0.4 is 0 Å². The smallest absolute Gasteiger partial charge is 0.255 e. The van der Waals surface area contributed by atoms with Gasteiger partial charge in [0, 0.05) is 17.1 Å². The Morgan fingerprint density at radius 2 is 2.20 bits per heavy atom. The first-order chi connectivity index (χ1) is 9.66. The highest BCUT2D eigenvalue weighted by Gasteiger charge is 2.33. The molecule has 1 aliphatic rings. The van der Waals surface area contributed by atoms with Crippen LogP contribution in [-0.2, 0) is 6.54 Å². The van der Waals surface area contributed by atoms with Crippen LogP contribution in [-0.4, -0.2) is 16.8 Å². The SMILES string of the molecule is Cc1cccc(C(=O)N(Cc2ccsc2)C2CC2)c1Br. The van der Waals surface area contributed by atoms with Gasteiger partial charge in [0.05, 0.1) is 5.56 Å². The van der Waals surface area contributed by atoms with E-state index in [1.165, 1.54) is 5.56 Å². The lowest BCUT2D eigenvalue weighted by Crippen LogP contribution is -2.32. The van der Waals surface area contributed by atoms with E-state index in [1.807, 2.05) is 30.0 Å². The molecule has 0 atom stereocenters. The normalized spacial score (nSPS) is 14.3. The Labute approximate surface area is 131 Å². The van der Waals surface area contributed by atoms with Gasteiger partial charge in [0.2, 0.25) is 0 Å². The minimum atomic E-state index is 0.134. The van der Waals surface area contributed by atoms with Crippen molar-refractivity contribution in [2.75, 3.05) is 0 Å². The van der Waals surface area contributed by atoms with E-state index in [2.05, 4.69) is 32.8 Å². The maximum atomic E-state index is 12.8.